The molecule has 0 heterocycles. The van der Waals surface area contributed by atoms with Gasteiger partial charge in [-0.05, 0) is 54.2 Å². The standard InChI is InChI=1S/C20H25NO3/c1-14(2)18-10-5-15(3)13-19(18)24-20(22)21-12-11-16-6-8-17(23-4)9-7-16/h5-10,13-14H,11-12H2,1-4H3,(H,21,22). The third kappa shape index (κ3) is 5.01. The first-order valence-corrected chi connectivity index (χ1v) is 8.18. The van der Waals surface area contributed by atoms with Crippen LogP contribution in [0.5, 0.6) is 11.5 Å². The molecule has 0 saturated heterocycles. The van der Waals surface area contributed by atoms with Crippen LogP contribution in [0.3, 0.4) is 0 Å². The normalized spacial score (nSPS) is 10.5. The fraction of sp³-hybridized carbons (Fsp3) is 0.350. The highest BCUT2D eigenvalue weighted by Gasteiger charge is 2.12. The summed E-state index contributed by atoms with van der Waals surface area (Å²) in [5.74, 6) is 1.76. The fourth-order valence-electron chi connectivity index (χ4n) is 2.44. The molecule has 0 aliphatic heterocycles. The predicted molar refractivity (Wildman–Crippen MR) is 96.0 cm³/mol. The van der Waals surface area contributed by atoms with Gasteiger partial charge in [0, 0.05) is 6.54 Å². The summed E-state index contributed by atoms with van der Waals surface area (Å²) < 4.78 is 10.6. The first-order valence-electron chi connectivity index (χ1n) is 8.18. The van der Waals surface area contributed by atoms with Crippen molar-refractivity contribution in [2.24, 2.45) is 0 Å². The lowest BCUT2D eigenvalue weighted by molar-refractivity contribution is 0.200. The Labute approximate surface area is 143 Å². The number of ether oxygens (including phenoxy) is 2. The number of rotatable bonds is 6. The van der Waals surface area contributed by atoms with E-state index in [4.69, 9.17) is 9.47 Å². The SMILES string of the molecule is COc1ccc(CCNC(=O)Oc2cc(C)ccc2C(C)C)cc1. The van der Waals surface area contributed by atoms with Crippen molar-refractivity contribution in [2.75, 3.05) is 13.7 Å². The van der Waals surface area contributed by atoms with Crippen molar-refractivity contribution in [3.05, 3.63) is 59.2 Å². The largest absolute Gasteiger partial charge is 0.497 e. The van der Waals surface area contributed by atoms with E-state index in [1.165, 1.54) is 0 Å². The second kappa shape index (κ2) is 8.39. The van der Waals surface area contributed by atoms with Gasteiger partial charge in [-0.3, -0.25) is 0 Å². The molecule has 0 unspecified atom stereocenters. The number of aryl methyl sites for hydroxylation is 1. The van der Waals surface area contributed by atoms with E-state index in [9.17, 15) is 4.79 Å². The van der Waals surface area contributed by atoms with E-state index in [-0.39, 0.29) is 0 Å². The smallest absolute Gasteiger partial charge is 0.412 e. The van der Waals surface area contributed by atoms with E-state index in [1.807, 2.05) is 49.4 Å². The Morgan fingerprint density at radius 3 is 2.46 bits per heavy atom. The third-order valence-electron chi connectivity index (χ3n) is 3.84. The third-order valence-corrected chi connectivity index (χ3v) is 3.84. The zero-order chi connectivity index (χ0) is 17.5. The molecule has 2 rings (SSSR count). The van der Waals surface area contributed by atoms with Crippen molar-refractivity contribution in [1.82, 2.24) is 5.32 Å². The molecule has 1 N–H and O–H groups in total. The Balaban J connectivity index is 1.88. The molecule has 128 valence electrons. The molecule has 0 fully saturated rings. The molecule has 2 aromatic rings. The number of amides is 1. The molecule has 0 spiro atoms. The molecule has 0 aromatic heterocycles. The van der Waals surface area contributed by atoms with Crippen molar-refractivity contribution >= 4 is 6.09 Å². The summed E-state index contributed by atoms with van der Waals surface area (Å²) >= 11 is 0. The number of carbonyl (C=O) groups excluding carboxylic acids is 1. The molecular formula is C20H25NO3. The van der Waals surface area contributed by atoms with Gasteiger partial charge >= 0.3 is 6.09 Å². The molecule has 0 radical (unpaired) electrons. The molecule has 24 heavy (non-hydrogen) atoms. The van der Waals surface area contributed by atoms with Gasteiger partial charge in [0.15, 0.2) is 0 Å². The van der Waals surface area contributed by atoms with Crippen molar-refractivity contribution < 1.29 is 14.3 Å². The Morgan fingerprint density at radius 2 is 1.83 bits per heavy atom. The number of methoxy groups -OCH3 is 1. The van der Waals surface area contributed by atoms with E-state index in [2.05, 4.69) is 19.2 Å². The van der Waals surface area contributed by atoms with Gasteiger partial charge in [-0.15, -0.1) is 0 Å². The van der Waals surface area contributed by atoms with Crippen LogP contribution in [0.1, 0.15) is 36.5 Å². The van der Waals surface area contributed by atoms with E-state index >= 15 is 0 Å². The number of nitrogens with one attached hydrogen (secondary N) is 1. The van der Waals surface area contributed by atoms with Crippen molar-refractivity contribution in [3.63, 3.8) is 0 Å². The molecular weight excluding hydrogens is 302 g/mol. The Hall–Kier alpha value is -2.49. The lowest BCUT2D eigenvalue weighted by Crippen LogP contribution is -2.29. The minimum absolute atomic E-state index is 0.299. The van der Waals surface area contributed by atoms with E-state index < -0.39 is 6.09 Å². The topological polar surface area (TPSA) is 47.6 Å². The summed E-state index contributed by atoms with van der Waals surface area (Å²) in [6.45, 7) is 6.67. The summed E-state index contributed by atoms with van der Waals surface area (Å²) in [4.78, 5) is 12.0. The van der Waals surface area contributed by atoms with Crippen LogP contribution < -0.4 is 14.8 Å². The Bertz CT molecular complexity index is 678. The van der Waals surface area contributed by atoms with Crippen molar-refractivity contribution in [2.45, 2.75) is 33.1 Å². The first-order chi connectivity index (χ1) is 11.5. The van der Waals surface area contributed by atoms with Gasteiger partial charge in [0.1, 0.15) is 11.5 Å². The number of carbonyl (C=O) groups is 1. The monoisotopic (exact) mass is 327 g/mol. The fourth-order valence-corrected chi connectivity index (χ4v) is 2.44. The lowest BCUT2D eigenvalue weighted by Gasteiger charge is -2.14. The van der Waals surface area contributed by atoms with Crippen LogP contribution >= 0.6 is 0 Å². The Morgan fingerprint density at radius 1 is 1.12 bits per heavy atom. The highest BCUT2D eigenvalue weighted by Crippen LogP contribution is 2.27. The zero-order valence-electron chi connectivity index (χ0n) is 14.8. The van der Waals surface area contributed by atoms with Crippen molar-refractivity contribution in [3.8, 4) is 11.5 Å². The summed E-state index contributed by atoms with van der Waals surface area (Å²) in [7, 11) is 1.64. The zero-order valence-corrected chi connectivity index (χ0v) is 14.8. The summed E-state index contributed by atoms with van der Waals surface area (Å²) in [5, 5.41) is 2.80. The van der Waals surface area contributed by atoms with Crippen LogP contribution in [0.25, 0.3) is 0 Å². The number of hydrogen-bond acceptors (Lipinski definition) is 3. The van der Waals surface area contributed by atoms with Gasteiger partial charge in [0.25, 0.3) is 0 Å². The highest BCUT2D eigenvalue weighted by atomic mass is 16.6. The maximum Gasteiger partial charge on any atom is 0.412 e. The minimum atomic E-state index is -0.420. The number of benzene rings is 2. The van der Waals surface area contributed by atoms with Crippen LogP contribution in [-0.2, 0) is 6.42 Å². The molecule has 2 aromatic carbocycles. The van der Waals surface area contributed by atoms with E-state index in [0.717, 1.165) is 28.9 Å². The van der Waals surface area contributed by atoms with Crippen LogP contribution in [0.15, 0.2) is 42.5 Å². The molecule has 1 amide bonds. The van der Waals surface area contributed by atoms with Gasteiger partial charge < -0.3 is 14.8 Å². The maximum atomic E-state index is 12.0. The Kier molecular flexibility index (Phi) is 6.24. The van der Waals surface area contributed by atoms with Gasteiger partial charge in [-0.1, -0.05) is 38.1 Å². The molecule has 0 atom stereocenters. The summed E-state index contributed by atoms with van der Waals surface area (Å²) in [5.41, 5.74) is 3.24. The van der Waals surface area contributed by atoms with Crippen LogP contribution in [0.4, 0.5) is 4.79 Å². The van der Waals surface area contributed by atoms with Gasteiger partial charge in [0.05, 0.1) is 7.11 Å². The average Bonchev–Trinajstić information content (AvgIpc) is 2.55. The molecule has 0 aliphatic rings. The second-order valence-electron chi connectivity index (χ2n) is 6.11. The van der Waals surface area contributed by atoms with Crippen molar-refractivity contribution in [1.29, 1.82) is 0 Å². The summed E-state index contributed by atoms with van der Waals surface area (Å²) in [6, 6.07) is 13.7. The van der Waals surface area contributed by atoms with Gasteiger partial charge in [-0.25, -0.2) is 4.79 Å². The molecule has 0 bridgehead atoms. The van der Waals surface area contributed by atoms with Gasteiger partial charge in [-0.2, -0.15) is 0 Å². The second-order valence-corrected chi connectivity index (χ2v) is 6.11. The molecule has 4 nitrogen and oxygen atoms in total. The predicted octanol–water partition coefficient (Wildman–Crippen LogP) is 4.46. The molecule has 0 saturated carbocycles. The minimum Gasteiger partial charge on any atom is -0.497 e. The maximum absolute atomic E-state index is 12.0. The highest BCUT2D eigenvalue weighted by molar-refractivity contribution is 5.71. The van der Waals surface area contributed by atoms with E-state index in [0.29, 0.717) is 18.2 Å². The summed E-state index contributed by atoms with van der Waals surface area (Å²) in [6.07, 6.45) is 0.320. The number of hydrogen-bond donors (Lipinski definition) is 1. The van der Waals surface area contributed by atoms with Crippen LogP contribution in [0.2, 0.25) is 0 Å². The van der Waals surface area contributed by atoms with Crippen LogP contribution in [0, 0.1) is 6.92 Å². The molecule has 4 heteroatoms. The quantitative estimate of drug-likeness (QED) is 0.852. The first kappa shape index (κ1) is 17.9. The van der Waals surface area contributed by atoms with Gasteiger partial charge in [0.2, 0.25) is 0 Å². The lowest BCUT2D eigenvalue weighted by atomic mass is 10.0. The van der Waals surface area contributed by atoms with E-state index in [1.54, 1.807) is 7.11 Å². The molecule has 0 aliphatic carbocycles. The van der Waals surface area contributed by atoms with Crippen LogP contribution in [-0.4, -0.2) is 19.7 Å². The average molecular weight is 327 g/mol.